The fourth-order valence-corrected chi connectivity index (χ4v) is 2.27. The molecule has 104 valence electrons. The Labute approximate surface area is 110 Å². The van der Waals surface area contributed by atoms with Crippen LogP contribution in [0.4, 0.5) is 4.79 Å². The molecule has 0 unspecified atom stereocenters. The zero-order chi connectivity index (χ0) is 14.0. The van der Waals surface area contributed by atoms with Crippen molar-refractivity contribution in [3.8, 4) is 0 Å². The highest BCUT2D eigenvalue weighted by Crippen LogP contribution is 2.17. The summed E-state index contributed by atoms with van der Waals surface area (Å²) in [6, 6.07) is -0.0842. The molecular formula is C12H17N3O4. The summed E-state index contributed by atoms with van der Waals surface area (Å²) in [7, 11) is 0. The topological polar surface area (TPSA) is 95.7 Å². The number of aryl methyl sites for hydroxylation is 2. The highest BCUT2D eigenvalue weighted by Gasteiger charge is 2.27. The number of hydrogen-bond acceptors (Lipinski definition) is 4. The fraction of sp³-hybridized carbons (Fsp3) is 0.583. The van der Waals surface area contributed by atoms with Gasteiger partial charge in [0.25, 0.3) is 5.91 Å². The quantitative estimate of drug-likeness (QED) is 0.838. The molecule has 2 heterocycles. The molecular weight excluding hydrogens is 250 g/mol. The van der Waals surface area contributed by atoms with Crippen LogP contribution in [0.2, 0.25) is 0 Å². The number of aromatic nitrogens is 1. The molecule has 19 heavy (non-hydrogen) atoms. The number of carbonyl (C=O) groups excluding carboxylic acids is 1. The lowest BCUT2D eigenvalue weighted by atomic mass is 10.0. The zero-order valence-corrected chi connectivity index (χ0v) is 11.0. The van der Waals surface area contributed by atoms with Crippen molar-refractivity contribution in [1.82, 2.24) is 15.2 Å². The Bertz CT molecular complexity index is 489. The van der Waals surface area contributed by atoms with Gasteiger partial charge in [-0.15, -0.1) is 0 Å². The number of amides is 2. The van der Waals surface area contributed by atoms with E-state index in [-0.39, 0.29) is 17.7 Å². The van der Waals surface area contributed by atoms with Crippen LogP contribution < -0.4 is 5.32 Å². The maximum Gasteiger partial charge on any atom is 0.404 e. The largest absolute Gasteiger partial charge is 0.465 e. The van der Waals surface area contributed by atoms with Crippen molar-refractivity contribution < 1.29 is 19.1 Å². The van der Waals surface area contributed by atoms with Crippen molar-refractivity contribution in [3.63, 3.8) is 0 Å². The van der Waals surface area contributed by atoms with Crippen molar-refractivity contribution in [2.45, 2.75) is 32.7 Å². The van der Waals surface area contributed by atoms with Crippen LogP contribution in [0.15, 0.2) is 4.42 Å². The normalized spacial score (nSPS) is 16.4. The number of piperidine rings is 1. The molecule has 0 saturated carbocycles. The minimum atomic E-state index is -1.02. The third-order valence-corrected chi connectivity index (χ3v) is 3.21. The minimum absolute atomic E-state index is 0.0842. The van der Waals surface area contributed by atoms with Crippen molar-refractivity contribution in [1.29, 1.82) is 0 Å². The lowest BCUT2D eigenvalue weighted by molar-refractivity contribution is 0.0671. The van der Waals surface area contributed by atoms with E-state index in [0.717, 1.165) is 0 Å². The van der Waals surface area contributed by atoms with E-state index in [1.807, 2.05) is 0 Å². The maximum absolute atomic E-state index is 12.2. The number of hydrogen-bond donors (Lipinski definition) is 2. The van der Waals surface area contributed by atoms with E-state index in [2.05, 4.69) is 10.3 Å². The molecule has 2 rings (SSSR count). The van der Waals surface area contributed by atoms with Crippen molar-refractivity contribution in [3.05, 3.63) is 17.3 Å². The summed E-state index contributed by atoms with van der Waals surface area (Å²) in [6.07, 6.45) is 0.209. The Hall–Kier alpha value is -2.05. The molecule has 1 aromatic heterocycles. The van der Waals surface area contributed by atoms with Gasteiger partial charge in [-0.1, -0.05) is 0 Å². The van der Waals surface area contributed by atoms with Gasteiger partial charge in [-0.3, -0.25) is 4.79 Å². The number of oxazole rings is 1. The summed E-state index contributed by atoms with van der Waals surface area (Å²) in [5, 5.41) is 11.1. The molecule has 0 radical (unpaired) electrons. The summed E-state index contributed by atoms with van der Waals surface area (Å²) in [6.45, 7) is 4.47. The van der Waals surface area contributed by atoms with Crippen LogP contribution in [0.25, 0.3) is 0 Å². The predicted molar refractivity (Wildman–Crippen MR) is 66.1 cm³/mol. The van der Waals surface area contributed by atoms with Gasteiger partial charge in [0.15, 0.2) is 5.89 Å². The van der Waals surface area contributed by atoms with Crippen LogP contribution >= 0.6 is 0 Å². The second-order valence-corrected chi connectivity index (χ2v) is 4.66. The highest BCUT2D eigenvalue weighted by atomic mass is 16.4. The van der Waals surface area contributed by atoms with Gasteiger partial charge in [-0.25, -0.2) is 9.78 Å². The summed E-state index contributed by atoms with van der Waals surface area (Å²) in [4.78, 5) is 28.5. The van der Waals surface area contributed by atoms with Crippen LogP contribution in [0.5, 0.6) is 0 Å². The standard InChI is InChI=1S/C12H17N3O4/c1-7-10(19-8(2)13-7)11(16)15-5-3-9(4-6-15)14-12(17)18/h9,14H,3-6H2,1-2H3,(H,17,18). The minimum Gasteiger partial charge on any atom is -0.465 e. The maximum atomic E-state index is 12.2. The van der Waals surface area contributed by atoms with E-state index >= 15 is 0 Å². The van der Waals surface area contributed by atoms with Crippen molar-refractivity contribution >= 4 is 12.0 Å². The molecule has 1 aliphatic rings. The molecule has 1 aromatic rings. The third-order valence-electron chi connectivity index (χ3n) is 3.21. The number of rotatable bonds is 2. The molecule has 0 aromatic carbocycles. The van der Waals surface area contributed by atoms with Gasteiger partial charge in [0, 0.05) is 26.1 Å². The van der Waals surface area contributed by atoms with Crippen LogP contribution in [-0.2, 0) is 0 Å². The smallest absolute Gasteiger partial charge is 0.404 e. The van der Waals surface area contributed by atoms with Crippen LogP contribution in [0, 0.1) is 13.8 Å². The summed E-state index contributed by atoms with van der Waals surface area (Å²) in [5.41, 5.74) is 0.591. The average Bonchev–Trinajstić information content (AvgIpc) is 2.68. The van der Waals surface area contributed by atoms with Gasteiger partial charge in [-0.05, 0) is 19.8 Å². The van der Waals surface area contributed by atoms with E-state index in [9.17, 15) is 9.59 Å². The summed E-state index contributed by atoms with van der Waals surface area (Å²) in [5.74, 6) is 0.581. The van der Waals surface area contributed by atoms with Gasteiger partial charge < -0.3 is 19.7 Å². The Morgan fingerprint density at radius 2 is 2.00 bits per heavy atom. The van der Waals surface area contributed by atoms with E-state index < -0.39 is 6.09 Å². The number of likely N-dealkylation sites (tertiary alicyclic amines) is 1. The number of nitrogens with one attached hydrogen (secondary N) is 1. The van der Waals surface area contributed by atoms with Crippen LogP contribution in [0.1, 0.15) is 35.0 Å². The molecule has 0 atom stereocenters. The van der Waals surface area contributed by atoms with Gasteiger partial charge in [0.2, 0.25) is 5.76 Å². The lowest BCUT2D eigenvalue weighted by Crippen LogP contribution is -2.46. The first-order valence-electron chi connectivity index (χ1n) is 6.20. The number of carboxylic acid groups (broad SMARTS) is 1. The molecule has 2 amide bonds. The number of nitrogens with zero attached hydrogens (tertiary/aromatic N) is 2. The molecule has 0 aliphatic carbocycles. The molecule has 1 aliphatic heterocycles. The molecule has 1 saturated heterocycles. The van der Waals surface area contributed by atoms with Gasteiger partial charge in [0.1, 0.15) is 0 Å². The Kier molecular flexibility index (Phi) is 3.73. The van der Waals surface area contributed by atoms with E-state index in [1.54, 1.807) is 18.7 Å². The zero-order valence-electron chi connectivity index (χ0n) is 11.0. The first-order chi connectivity index (χ1) is 8.97. The summed E-state index contributed by atoms with van der Waals surface area (Å²) >= 11 is 0. The van der Waals surface area contributed by atoms with E-state index in [0.29, 0.717) is 37.5 Å². The van der Waals surface area contributed by atoms with Gasteiger partial charge in [-0.2, -0.15) is 0 Å². The van der Waals surface area contributed by atoms with E-state index in [1.165, 1.54) is 0 Å². The van der Waals surface area contributed by atoms with Gasteiger partial charge in [0.05, 0.1) is 5.69 Å². The van der Waals surface area contributed by atoms with E-state index in [4.69, 9.17) is 9.52 Å². The summed E-state index contributed by atoms with van der Waals surface area (Å²) < 4.78 is 5.31. The Morgan fingerprint density at radius 3 is 2.47 bits per heavy atom. The molecule has 7 nitrogen and oxygen atoms in total. The monoisotopic (exact) mass is 267 g/mol. The van der Waals surface area contributed by atoms with Crippen LogP contribution in [-0.4, -0.2) is 46.1 Å². The molecule has 7 heteroatoms. The Balaban J connectivity index is 1.96. The highest BCUT2D eigenvalue weighted by molar-refractivity contribution is 5.92. The first-order valence-corrected chi connectivity index (χ1v) is 6.20. The SMILES string of the molecule is Cc1nc(C)c(C(=O)N2CCC(NC(=O)O)CC2)o1. The first kappa shape index (κ1) is 13.4. The molecule has 1 fully saturated rings. The van der Waals surface area contributed by atoms with Crippen molar-refractivity contribution in [2.75, 3.05) is 13.1 Å². The average molecular weight is 267 g/mol. The molecule has 2 N–H and O–H groups in total. The number of carbonyl (C=O) groups is 2. The third kappa shape index (κ3) is 3.04. The van der Waals surface area contributed by atoms with Crippen molar-refractivity contribution in [2.24, 2.45) is 0 Å². The lowest BCUT2D eigenvalue weighted by Gasteiger charge is -2.31. The predicted octanol–water partition coefficient (Wildman–Crippen LogP) is 1.16. The fourth-order valence-electron chi connectivity index (χ4n) is 2.27. The van der Waals surface area contributed by atoms with Gasteiger partial charge >= 0.3 is 6.09 Å². The van der Waals surface area contributed by atoms with Crippen LogP contribution in [0.3, 0.4) is 0 Å². The second-order valence-electron chi connectivity index (χ2n) is 4.66. The Morgan fingerprint density at radius 1 is 1.37 bits per heavy atom. The molecule has 0 spiro atoms. The second kappa shape index (κ2) is 5.29. The molecule has 0 bridgehead atoms.